The largest absolute Gasteiger partial charge is 0.495 e. The number of methoxy groups -OCH3 is 1. The van der Waals surface area contributed by atoms with E-state index in [9.17, 15) is 9.59 Å². The van der Waals surface area contributed by atoms with E-state index in [-0.39, 0.29) is 10.6 Å². The van der Waals surface area contributed by atoms with E-state index < -0.39 is 17.9 Å². The smallest absolute Gasteiger partial charge is 0.322 e. The molecule has 86 valence electrons. The number of aliphatic carboxylic acids is 2. The van der Waals surface area contributed by atoms with Crippen LogP contribution in [0.5, 0.6) is 5.75 Å². The molecule has 0 aliphatic heterocycles. The van der Waals surface area contributed by atoms with Crippen molar-refractivity contribution in [2.24, 2.45) is 0 Å². The normalized spacial score (nSPS) is 10.2. The van der Waals surface area contributed by atoms with Gasteiger partial charge >= 0.3 is 11.9 Å². The molecule has 0 atom stereocenters. The number of carboxylic acids is 2. The summed E-state index contributed by atoms with van der Waals surface area (Å²) < 4.78 is 4.87. The molecular formula is C10H9ClO5. The van der Waals surface area contributed by atoms with Crippen LogP contribution in [0.15, 0.2) is 18.2 Å². The van der Waals surface area contributed by atoms with Crippen molar-refractivity contribution < 1.29 is 24.5 Å². The highest BCUT2D eigenvalue weighted by atomic mass is 35.5. The van der Waals surface area contributed by atoms with Crippen molar-refractivity contribution in [1.82, 2.24) is 0 Å². The molecule has 0 amide bonds. The van der Waals surface area contributed by atoms with E-state index in [1.807, 2.05) is 0 Å². The van der Waals surface area contributed by atoms with Crippen molar-refractivity contribution in [1.29, 1.82) is 0 Å². The first-order valence-corrected chi connectivity index (χ1v) is 4.64. The molecule has 1 aromatic rings. The average Bonchev–Trinajstić information content (AvgIpc) is 2.16. The van der Waals surface area contributed by atoms with E-state index in [1.165, 1.54) is 25.3 Å². The SMILES string of the molecule is COc1ccc(C(C(=O)O)C(=O)O)cc1Cl. The van der Waals surface area contributed by atoms with Crippen LogP contribution >= 0.6 is 11.6 Å². The number of hydrogen-bond donors (Lipinski definition) is 2. The zero-order valence-electron chi connectivity index (χ0n) is 8.31. The molecule has 0 aliphatic rings. The number of halogens is 1. The van der Waals surface area contributed by atoms with E-state index in [1.54, 1.807) is 0 Å². The number of carbonyl (C=O) groups is 2. The van der Waals surface area contributed by atoms with Gasteiger partial charge in [-0.1, -0.05) is 17.7 Å². The Balaban J connectivity index is 3.17. The van der Waals surface area contributed by atoms with Gasteiger partial charge in [-0.05, 0) is 17.7 Å². The van der Waals surface area contributed by atoms with Crippen LogP contribution in [0.3, 0.4) is 0 Å². The lowest BCUT2D eigenvalue weighted by Crippen LogP contribution is -2.20. The second kappa shape index (κ2) is 4.85. The van der Waals surface area contributed by atoms with E-state index in [2.05, 4.69) is 0 Å². The van der Waals surface area contributed by atoms with E-state index in [4.69, 9.17) is 26.6 Å². The lowest BCUT2D eigenvalue weighted by atomic mass is 9.99. The van der Waals surface area contributed by atoms with Crippen molar-refractivity contribution in [2.75, 3.05) is 7.11 Å². The molecule has 6 heteroatoms. The summed E-state index contributed by atoms with van der Waals surface area (Å²) in [4.78, 5) is 21.5. The predicted molar refractivity (Wildman–Crippen MR) is 56.0 cm³/mol. The van der Waals surface area contributed by atoms with Crippen LogP contribution in [-0.2, 0) is 9.59 Å². The minimum Gasteiger partial charge on any atom is -0.495 e. The summed E-state index contributed by atoms with van der Waals surface area (Å²) in [7, 11) is 1.41. The Kier molecular flexibility index (Phi) is 3.73. The van der Waals surface area contributed by atoms with Gasteiger partial charge in [-0.3, -0.25) is 9.59 Å². The van der Waals surface area contributed by atoms with Crippen LogP contribution in [0.1, 0.15) is 11.5 Å². The van der Waals surface area contributed by atoms with Crippen molar-refractivity contribution in [3.63, 3.8) is 0 Å². The van der Waals surface area contributed by atoms with Crippen molar-refractivity contribution in [3.05, 3.63) is 28.8 Å². The zero-order chi connectivity index (χ0) is 12.3. The summed E-state index contributed by atoms with van der Waals surface area (Å²) in [5, 5.41) is 17.7. The summed E-state index contributed by atoms with van der Waals surface area (Å²) in [6, 6.07) is 4.06. The molecule has 0 aromatic heterocycles. The summed E-state index contributed by atoms with van der Waals surface area (Å²) in [5.41, 5.74) is 0.103. The summed E-state index contributed by atoms with van der Waals surface area (Å²) >= 11 is 5.77. The first-order valence-electron chi connectivity index (χ1n) is 4.26. The standard InChI is InChI=1S/C10H9ClO5/c1-16-7-3-2-5(4-6(7)11)8(9(12)13)10(14)15/h2-4,8H,1H3,(H,12,13)(H,14,15). The summed E-state index contributed by atoms with van der Waals surface area (Å²) in [5.74, 6) is -4.13. The molecule has 0 radical (unpaired) electrons. The van der Waals surface area contributed by atoms with Crippen molar-refractivity contribution >= 4 is 23.5 Å². The molecule has 1 aromatic carbocycles. The third-order valence-corrected chi connectivity index (χ3v) is 2.30. The Labute approximate surface area is 96.2 Å². The molecular weight excluding hydrogens is 236 g/mol. The molecule has 0 heterocycles. The Morgan fingerprint density at radius 2 is 1.88 bits per heavy atom. The van der Waals surface area contributed by atoms with Gasteiger partial charge in [-0.25, -0.2) is 0 Å². The molecule has 5 nitrogen and oxygen atoms in total. The van der Waals surface area contributed by atoms with Gasteiger partial charge in [0.1, 0.15) is 5.75 Å². The molecule has 0 saturated heterocycles. The Morgan fingerprint density at radius 3 is 2.25 bits per heavy atom. The maximum atomic E-state index is 10.8. The average molecular weight is 245 g/mol. The second-order valence-electron chi connectivity index (χ2n) is 3.00. The van der Waals surface area contributed by atoms with E-state index in [0.717, 1.165) is 0 Å². The fraction of sp³-hybridized carbons (Fsp3) is 0.200. The van der Waals surface area contributed by atoms with Crippen LogP contribution in [0.2, 0.25) is 5.02 Å². The molecule has 2 N–H and O–H groups in total. The quantitative estimate of drug-likeness (QED) is 0.786. The fourth-order valence-electron chi connectivity index (χ4n) is 1.25. The molecule has 16 heavy (non-hydrogen) atoms. The number of benzene rings is 1. The van der Waals surface area contributed by atoms with Gasteiger partial charge in [0.2, 0.25) is 0 Å². The molecule has 0 spiro atoms. The number of ether oxygens (including phenoxy) is 1. The Hall–Kier alpha value is -1.75. The van der Waals surface area contributed by atoms with Gasteiger partial charge in [-0.2, -0.15) is 0 Å². The summed E-state index contributed by atoms with van der Waals surface area (Å²) in [6.07, 6.45) is 0. The zero-order valence-corrected chi connectivity index (χ0v) is 9.06. The minimum absolute atomic E-state index is 0.103. The third kappa shape index (κ3) is 2.43. The van der Waals surface area contributed by atoms with Gasteiger partial charge in [-0.15, -0.1) is 0 Å². The van der Waals surface area contributed by atoms with Gasteiger partial charge in [0.15, 0.2) is 5.92 Å². The highest BCUT2D eigenvalue weighted by Crippen LogP contribution is 2.28. The Morgan fingerprint density at radius 1 is 1.31 bits per heavy atom. The van der Waals surface area contributed by atoms with Gasteiger partial charge in [0.05, 0.1) is 12.1 Å². The third-order valence-electron chi connectivity index (χ3n) is 2.00. The van der Waals surface area contributed by atoms with Crippen LogP contribution in [-0.4, -0.2) is 29.3 Å². The molecule has 0 aliphatic carbocycles. The Bertz CT molecular complexity index is 415. The number of hydrogen-bond acceptors (Lipinski definition) is 3. The molecule has 0 saturated carbocycles. The maximum Gasteiger partial charge on any atom is 0.322 e. The van der Waals surface area contributed by atoms with Gasteiger partial charge < -0.3 is 14.9 Å². The van der Waals surface area contributed by atoms with Crippen LogP contribution in [0.4, 0.5) is 0 Å². The first kappa shape index (κ1) is 12.3. The minimum atomic E-state index is -1.62. The summed E-state index contributed by atoms with van der Waals surface area (Å²) in [6.45, 7) is 0. The van der Waals surface area contributed by atoms with Crippen molar-refractivity contribution in [3.8, 4) is 5.75 Å². The molecule has 0 unspecified atom stereocenters. The highest BCUT2D eigenvalue weighted by Gasteiger charge is 2.28. The number of rotatable bonds is 4. The van der Waals surface area contributed by atoms with Gasteiger partial charge in [0.25, 0.3) is 0 Å². The monoisotopic (exact) mass is 244 g/mol. The predicted octanol–water partition coefficient (Wildman–Crippen LogP) is 1.60. The fourth-order valence-corrected chi connectivity index (χ4v) is 1.52. The molecule has 0 bridgehead atoms. The maximum absolute atomic E-state index is 10.8. The molecule has 0 fully saturated rings. The van der Waals surface area contributed by atoms with E-state index in [0.29, 0.717) is 5.75 Å². The highest BCUT2D eigenvalue weighted by molar-refractivity contribution is 6.32. The van der Waals surface area contributed by atoms with Gasteiger partial charge in [0, 0.05) is 0 Å². The van der Waals surface area contributed by atoms with Crippen LogP contribution < -0.4 is 4.74 Å². The lowest BCUT2D eigenvalue weighted by molar-refractivity contribution is -0.150. The van der Waals surface area contributed by atoms with Crippen LogP contribution in [0, 0.1) is 0 Å². The van der Waals surface area contributed by atoms with Crippen LogP contribution in [0.25, 0.3) is 0 Å². The second-order valence-corrected chi connectivity index (χ2v) is 3.41. The molecule has 1 rings (SSSR count). The number of carboxylic acid groups (broad SMARTS) is 2. The van der Waals surface area contributed by atoms with E-state index >= 15 is 0 Å². The first-order chi connectivity index (χ1) is 7.47. The lowest BCUT2D eigenvalue weighted by Gasteiger charge is -2.09. The van der Waals surface area contributed by atoms with Crippen molar-refractivity contribution in [2.45, 2.75) is 5.92 Å². The topological polar surface area (TPSA) is 83.8 Å².